The Balaban J connectivity index is 1.63. The third kappa shape index (κ3) is 5.51. The van der Waals surface area contributed by atoms with Crippen molar-refractivity contribution in [2.75, 3.05) is 18.7 Å². The molecule has 0 unspecified atom stereocenters. The summed E-state index contributed by atoms with van der Waals surface area (Å²) in [5.74, 6) is 1.12. The smallest absolute Gasteiger partial charge is 0.276 e. The minimum Gasteiger partial charge on any atom is -0.497 e. The maximum absolute atomic E-state index is 12.4. The molecule has 3 aromatic rings. The van der Waals surface area contributed by atoms with E-state index in [0.717, 1.165) is 17.0 Å². The number of hydrogen-bond donors (Lipinski definition) is 1. The molecule has 27 heavy (non-hydrogen) atoms. The van der Waals surface area contributed by atoms with E-state index in [4.69, 9.17) is 9.47 Å². The second kappa shape index (κ2) is 9.29. The number of ether oxygens (including phenoxy) is 2. The van der Waals surface area contributed by atoms with Crippen LogP contribution in [0.15, 0.2) is 84.9 Å². The Kier molecular flexibility index (Phi) is 6.30. The van der Waals surface area contributed by atoms with Gasteiger partial charge in [0.25, 0.3) is 5.91 Å². The molecular weight excluding hydrogens is 340 g/mol. The molecule has 0 atom stereocenters. The van der Waals surface area contributed by atoms with Gasteiger partial charge < -0.3 is 9.47 Å². The number of carbonyl (C=O) groups is 1. The van der Waals surface area contributed by atoms with E-state index in [9.17, 15) is 4.79 Å². The summed E-state index contributed by atoms with van der Waals surface area (Å²) in [7, 11) is 1.61. The van der Waals surface area contributed by atoms with Gasteiger partial charge in [0, 0.05) is 0 Å². The van der Waals surface area contributed by atoms with Crippen LogP contribution in [-0.4, -0.2) is 19.6 Å². The van der Waals surface area contributed by atoms with Gasteiger partial charge in [-0.15, -0.1) is 0 Å². The number of methoxy groups -OCH3 is 1. The van der Waals surface area contributed by atoms with Crippen LogP contribution in [0, 0.1) is 0 Å². The van der Waals surface area contributed by atoms with Crippen molar-refractivity contribution in [1.82, 2.24) is 5.43 Å². The van der Waals surface area contributed by atoms with E-state index in [-0.39, 0.29) is 12.5 Å². The van der Waals surface area contributed by atoms with Crippen LogP contribution in [0.25, 0.3) is 0 Å². The highest BCUT2D eigenvalue weighted by atomic mass is 16.5. The molecule has 0 heterocycles. The Bertz CT molecular complexity index is 836. The zero-order valence-corrected chi connectivity index (χ0v) is 15.2. The van der Waals surface area contributed by atoms with Crippen molar-refractivity contribution in [3.05, 3.63) is 90.5 Å². The van der Waals surface area contributed by atoms with Crippen LogP contribution in [0.3, 0.4) is 0 Å². The van der Waals surface area contributed by atoms with Gasteiger partial charge in [-0.1, -0.05) is 48.5 Å². The molecule has 0 fully saturated rings. The van der Waals surface area contributed by atoms with Crippen molar-refractivity contribution in [3.63, 3.8) is 0 Å². The lowest BCUT2D eigenvalue weighted by atomic mass is 10.2. The van der Waals surface area contributed by atoms with E-state index < -0.39 is 0 Å². The molecule has 0 aliphatic rings. The number of rotatable bonds is 8. The van der Waals surface area contributed by atoms with E-state index in [2.05, 4.69) is 5.43 Å². The Labute approximate surface area is 159 Å². The van der Waals surface area contributed by atoms with Crippen LogP contribution < -0.4 is 19.9 Å². The molecule has 138 valence electrons. The van der Waals surface area contributed by atoms with Crippen LogP contribution in [-0.2, 0) is 11.3 Å². The minimum atomic E-state index is -0.231. The van der Waals surface area contributed by atoms with Crippen LogP contribution >= 0.6 is 0 Å². The van der Waals surface area contributed by atoms with Gasteiger partial charge in [0.05, 0.1) is 19.3 Å². The van der Waals surface area contributed by atoms with Gasteiger partial charge in [-0.3, -0.25) is 15.2 Å². The number of nitrogens with zero attached hydrogens (tertiary/aromatic N) is 1. The Morgan fingerprint density at radius 1 is 0.852 bits per heavy atom. The lowest BCUT2D eigenvalue weighted by Crippen LogP contribution is -2.44. The molecule has 0 saturated carbocycles. The fraction of sp³-hybridized carbons (Fsp3) is 0.136. The first kappa shape index (κ1) is 18.3. The molecule has 0 saturated heterocycles. The van der Waals surface area contributed by atoms with Crippen molar-refractivity contribution in [3.8, 4) is 11.5 Å². The number of nitrogens with one attached hydrogen (secondary N) is 1. The molecule has 0 spiro atoms. The van der Waals surface area contributed by atoms with Crippen molar-refractivity contribution in [2.24, 2.45) is 0 Å². The second-order valence-electron chi connectivity index (χ2n) is 5.91. The van der Waals surface area contributed by atoms with Crippen LogP contribution in [0.1, 0.15) is 5.56 Å². The lowest BCUT2D eigenvalue weighted by molar-refractivity contribution is -0.123. The van der Waals surface area contributed by atoms with Gasteiger partial charge in [-0.2, -0.15) is 0 Å². The first-order valence-corrected chi connectivity index (χ1v) is 8.67. The minimum absolute atomic E-state index is 0.0789. The number of benzene rings is 3. The molecule has 3 aromatic carbocycles. The van der Waals surface area contributed by atoms with Gasteiger partial charge in [0.2, 0.25) is 0 Å². The van der Waals surface area contributed by atoms with Crippen molar-refractivity contribution >= 4 is 11.6 Å². The SMILES string of the molecule is COc1ccc(OCC(=O)NN(Cc2ccccc2)c2ccccc2)cc1. The van der Waals surface area contributed by atoms with Crippen molar-refractivity contribution < 1.29 is 14.3 Å². The molecule has 1 N–H and O–H groups in total. The second-order valence-corrected chi connectivity index (χ2v) is 5.91. The summed E-state index contributed by atoms with van der Waals surface area (Å²) in [6, 6.07) is 26.8. The Morgan fingerprint density at radius 3 is 2.07 bits per heavy atom. The lowest BCUT2D eigenvalue weighted by Gasteiger charge is -2.25. The number of amides is 1. The number of para-hydroxylation sites is 1. The number of hydrogen-bond acceptors (Lipinski definition) is 4. The zero-order valence-electron chi connectivity index (χ0n) is 15.2. The normalized spacial score (nSPS) is 10.1. The Hall–Kier alpha value is -3.47. The molecule has 0 aliphatic carbocycles. The summed E-state index contributed by atoms with van der Waals surface area (Å²) in [5, 5.41) is 1.81. The van der Waals surface area contributed by atoms with Gasteiger partial charge in [0.1, 0.15) is 11.5 Å². The molecular formula is C22H22N2O3. The predicted molar refractivity (Wildman–Crippen MR) is 106 cm³/mol. The predicted octanol–water partition coefficient (Wildman–Crippen LogP) is 3.81. The molecule has 0 aliphatic heterocycles. The first-order valence-electron chi connectivity index (χ1n) is 8.67. The van der Waals surface area contributed by atoms with Crippen LogP contribution in [0.4, 0.5) is 5.69 Å². The molecule has 5 heteroatoms. The average Bonchev–Trinajstić information content (AvgIpc) is 2.73. The van der Waals surface area contributed by atoms with Crippen LogP contribution in [0.2, 0.25) is 0 Å². The van der Waals surface area contributed by atoms with Crippen molar-refractivity contribution in [1.29, 1.82) is 0 Å². The molecule has 1 amide bonds. The highest BCUT2D eigenvalue weighted by Crippen LogP contribution is 2.17. The van der Waals surface area contributed by atoms with E-state index in [0.29, 0.717) is 12.3 Å². The summed E-state index contributed by atoms with van der Waals surface area (Å²) < 4.78 is 10.7. The molecule has 0 bridgehead atoms. The van der Waals surface area contributed by atoms with E-state index in [1.54, 1.807) is 31.4 Å². The van der Waals surface area contributed by atoms with Gasteiger partial charge in [-0.05, 0) is 42.0 Å². The number of anilines is 1. The van der Waals surface area contributed by atoms with Gasteiger partial charge in [-0.25, -0.2) is 0 Å². The maximum atomic E-state index is 12.4. The van der Waals surface area contributed by atoms with E-state index >= 15 is 0 Å². The summed E-state index contributed by atoms with van der Waals surface area (Å²) in [4.78, 5) is 12.4. The highest BCUT2D eigenvalue weighted by Gasteiger charge is 2.12. The molecule has 5 nitrogen and oxygen atoms in total. The van der Waals surface area contributed by atoms with Gasteiger partial charge in [0.15, 0.2) is 6.61 Å². The molecule has 0 radical (unpaired) electrons. The topological polar surface area (TPSA) is 50.8 Å². The summed E-state index contributed by atoms with van der Waals surface area (Å²) in [6.45, 7) is 0.476. The van der Waals surface area contributed by atoms with E-state index in [1.165, 1.54) is 0 Å². The Morgan fingerprint density at radius 2 is 1.44 bits per heavy atom. The largest absolute Gasteiger partial charge is 0.497 e. The summed E-state index contributed by atoms with van der Waals surface area (Å²) in [6.07, 6.45) is 0. The van der Waals surface area contributed by atoms with Gasteiger partial charge >= 0.3 is 0 Å². The summed E-state index contributed by atoms with van der Waals surface area (Å²) in [5.41, 5.74) is 4.92. The molecule has 3 rings (SSSR count). The average molecular weight is 362 g/mol. The van der Waals surface area contributed by atoms with E-state index in [1.807, 2.05) is 65.7 Å². The fourth-order valence-corrected chi connectivity index (χ4v) is 2.57. The molecule has 0 aromatic heterocycles. The van der Waals surface area contributed by atoms with Crippen molar-refractivity contribution in [2.45, 2.75) is 6.54 Å². The quantitative estimate of drug-likeness (QED) is 0.619. The monoisotopic (exact) mass is 362 g/mol. The standard InChI is InChI=1S/C22H22N2O3/c1-26-20-12-14-21(15-13-20)27-17-22(25)23-24(19-10-6-3-7-11-19)16-18-8-4-2-5-9-18/h2-15H,16-17H2,1H3,(H,23,25). The fourth-order valence-electron chi connectivity index (χ4n) is 2.57. The third-order valence-corrected chi connectivity index (χ3v) is 3.94. The summed E-state index contributed by atoms with van der Waals surface area (Å²) >= 11 is 0. The highest BCUT2D eigenvalue weighted by molar-refractivity contribution is 5.79. The zero-order chi connectivity index (χ0) is 18.9. The maximum Gasteiger partial charge on any atom is 0.276 e. The number of carbonyl (C=O) groups excluding carboxylic acids is 1. The van der Waals surface area contributed by atoms with Crippen LogP contribution in [0.5, 0.6) is 11.5 Å². The first-order chi connectivity index (χ1) is 13.2. The third-order valence-electron chi connectivity index (χ3n) is 3.94. The number of hydrazine groups is 1.